The lowest BCUT2D eigenvalue weighted by Gasteiger charge is -2.10. The predicted octanol–water partition coefficient (Wildman–Crippen LogP) is 4.55. The van der Waals surface area contributed by atoms with E-state index in [-0.39, 0.29) is 15.1 Å². The fourth-order valence-corrected chi connectivity index (χ4v) is 1.28. The highest BCUT2D eigenvalue weighted by atomic mass is 35.5. The topological polar surface area (TPSA) is 9.23 Å². The van der Waals surface area contributed by atoms with Crippen molar-refractivity contribution in [2.45, 2.75) is 6.36 Å². The van der Waals surface area contributed by atoms with Gasteiger partial charge in [-0.15, -0.1) is 13.2 Å². The van der Waals surface area contributed by atoms with Crippen LogP contribution in [0, 0.1) is 0 Å². The molecule has 1 nitrogen and oxygen atoms in total. The minimum atomic E-state index is -4.80. The van der Waals surface area contributed by atoms with Crippen molar-refractivity contribution in [2.24, 2.45) is 0 Å². The Kier molecular flexibility index (Phi) is 3.40. The first-order valence-corrected chi connectivity index (χ1v) is 4.33. The lowest BCUT2D eigenvalue weighted by atomic mass is 10.3. The highest BCUT2D eigenvalue weighted by Crippen LogP contribution is 2.36. The van der Waals surface area contributed by atoms with Crippen molar-refractivity contribution in [1.29, 1.82) is 0 Å². The molecule has 0 radical (unpaired) electrons. The maximum atomic E-state index is 11.8. The van der Waals surface area contributed by atoms with Crippen molar-refractivity contribution < 1.29 is 17.9 Å². The summed E-state index contributed by atoms with van der Waals surface area (Å²) in [5.41, 5.74) is 0. The van der Waals surface area contributed by atoms with Gasteiger partial charge in [0.05, 0.1) is 15.1 Å². The molecule has 0 saturated heterocycles. The normalized spacial score (nSPS) is 11.6. The van der Waals surface area contributed by atoms with Crippen molar-refractivity contribution in [3.8, 4) is 5.75 Å². The molecule has 0 aliphatic rings. The van der Waals surface area contributed by atoms with Gasteiger partial charge in [-0.3, -0.25) is 0 Å². The standard InChI is InChI=1S/C7H2Cl3F3O/c8-3-1-5(10)6(2-4(3)9)14-7(11,12)13/h1-2H. The zero-order chi connectivity index (χ0) is 10.9. The van der Waals surface area contributed by atoms with Crippen LogP contribution in [0.4, 0.5) is 13.2 Å². The van der Waals surface area contributed by atoms with Gasteiger partial charge in [0, 0.05) is 6.07 Å². The van der Waals surface area contributed by atoms with Gasteiger partial charge in [0.25, 0.3) is 0 Å². The number of hydrogen-bond donors (Lipinski definition) is 0. The van der Waals surface area contributed by atoms with Crippen molar-refractivity contribution in [1.82, 2.24) is 0 Å². The van der Waals surface area contributed by atoms with Gasteiger partial charge < -0.3 is 4.74 Å². The number of alkyl halides is 3. The van der Waals surface area contributed by atoms with Crippen molar-refractivity contribution >= 4 is 34.8 Å². The molecule has 1 aromatic rings. The maximum absolute atomic E-state index is 11.8. The number of benzene rings is 1. The van der Waals surface area contributed by atoms with Crippen LogP contribution in [-0.2, 0) is 0 Å². The van der Waals surface area contributed by atoms with Gasteiger partial charge in [0.15, 0.2) is 0 Å². The van der Waals surface area contributed by atoms with Gasteiger partial charge in [-0.2, -0.15) is 0 Å². The smallest absolute Gasteiger partial charge is 0.404 e. The Morgan fingerprint density at radius 2 is 1.43 bits per heavy atom. The fourth-order valence-electron chi connectivity index (χ4n) is 0.707. The molecule has 0 aromatic heterocycles. The van der Waals surface area contributed by atoms with Crippen molar-refractivity contribution in [2.75, 3.05) is 0 Å². The molecule has 0 aliphatic heterocycles. The van der Waals surface area contributed by atoms with Gasteiger partial charge in [-0.05, 0) is 6.07 Å². The largest absolute Gasteiger partial charge is 0.573 e. The highest BCUT2D eigenvalue weighted by Gasteiger charge is 2.32. The molecule has 0 saturated carbocycles. The van der Waals surface area contributed by atoms with E-state index in [4.69, 9.17) is 34.8 Å². The third-order valence-corrected chi connectivity index (χ3v) is 2.22. The fraction of sp³-hybridized carbons (Fsp3) is 0.143. The van der Waals surface area contributed by atoms with E-state index >= 15 is 0 Å². The quantitative estimate of drug-likeness (QED) is 0.677. The first-order chi connectivity index (χ1) is 6.29. The Hall–Kier alpha value is -0.320. The molecule has 0 N–H and O–H groups in total. The molecule has 7 heteroatoms. The minimum Gasteiger partial charge on any atom is -0.404 e. The molecule has 0 amide bonds. The maximum Gasteiger partial charge on any atom is 0.573 e. The highest BCUT2D eigenvalue weighted by molar-refractivity contribution is 6.43. The Morgan fingerprint density at radius 3 is 1.93 bits per heavy atom. The van der Waals surface area contributed by atoms with E-state index in [2.05, 4.69) is 4.74 Å². The van der Waals surface area contributed by atoms with E-state index in [1.54, 1.807) is 0 Å². The van der Waals surface area contributed by atoms with Crippen LogP contribution in [0.3, 0.4) is 0 Å². The average Bonchev–Trinajstić information content (AvgIpc) is 1.97. The third-order valence-electron chi connectivity index (χ3n) is 1.20. The predicted molar refractivity (Wildman–Crippen MR) is 48.2 cm³/mol. The summed E-state index contributed by atoms with van der Waals surface area (Å²) in [4.78, 5) is 0. The van der Waals surface area contributed by atoms with E-state index in [1.165, 1.54) is 0 Å². The molecule has 0 fully saturated rings. The van der Waals surface area contributed by atoms with Crippen LogP contribution in [0.5, 0.6) is 5.75 Å². The number of rotatable bonds is 1. The number of ether oxygens (including phenoxy) is 1. The zero-order valence-corrected chi connectivity index (χ0v) is 8.60. The monoisotopic (exact) mass is 264 g/mol. The zero-order valence-electron chi connectivity index (χ0n) is 6.33. The second-order valence-electron chi connectivity index (χ2n) is 2.24. The summed E-state index contributed by atoms with van der Waals surface area (Å²) in [6.07, 6.45) is -4.80. The lowest BCUT2D eigenvalue weighted by molar-refractivity contribution is -0.274. The Bertz CT molecular complexity index is 351. The van der Waals surface area contributed by atoms with Crippen LogP contribution >= 0.6 is 34.8 Å². The van der Waals surface area contributed by atoms with Crippen LogP contribution in [-0.4, -0.2) is 6.36 Å². The third kappa shape index (κ3) is 3.12. The molecule has 0 unspecified atom stereocenters. The van der Waals surface area contributed by atoms with Crippen LogP contribution in [0.2, 0.25) is 15.1 Å². The molecule has 0 aliphatic carbocycles. The molecule has 0 spiro atoms. The summed E-state index contributed by atoms with van der Waals surface area (Å²) in [5, 5.41) is -0.252. The summed E-state index contributed by atoms with van der Waals surface area (Å²) >= 11 is 16.4. The van der Waals surface area contributed by atoms with Gasteiger partial charge in [-0.25, -0.2) is 0 Å². The van der Waals surface area contributed by atoms with Gasteiger partial charge in [0.1, 0.15) is 5.75 Å². The van der Waals surface area contributed by atoms with Crippen molar-refractivity contribution in [3.05, 3.63) is 27.2 Å². The van der Waals surface area contributed by atoms with Crippen molar-refractivity contribution in [3.63, 3.8) is 0 Å². The SMILES string of the molecule is FC(F)(F)Oc1cc(Cl)c(Cl)cc1Cl. The Balaban J connectivity index is 3.04. The van der Waals surface area contributed by atoms with Crippen LogP contribution in [0.1, 0.15) is 0 Å². The molecular formula is C7H2Cl3F3O. The summed E-state index contributed by atoms with van der Waals surface area (Å²) in [6.45, 7) is 0. The Morgan fingerprint density at radius 1 is 0.929 bits per heavy atom. The van der Waals surface area contributed by atoms with Crippen LogP contribution in [0.15, 0.2) is 12.1 Å². The molecule has 0 atom stereocenters. The second-order valence-corrected chi connectivity index (χ2v) is 3.47. The molecule has 0 heterocycles. The molecule has 0 bridgehead atoms. The van der Waals surface area contributed by atoms with Gasteiger partial charge >= 0.3 is 6.36 Å². The summed E-state index contributed by atoms with van der Waals surface area (Å²) in [5.74, 6) is -0.575. The Labute approximate surface area is 92.3 Å². The number of halogens is 6. The summed E-state index contributed by atoms with van der Waals surface area (Å²) < 4.78 is 39.0. The molecule has 78 valence electrons. The summed E-state index contributed by atoms with van der Waals surface area (Å²) in [6, 6.07) is 1.98. The number of hydrogen-bond acceptors (Lipinski definition) is 1. The molecule has 14 heavy (non-hydrogen) atoms. The van der Waals surface area contributed by atoms with E-state index in [1.807, 2.05) is 0 Å². The van der Waals surface area contributed by atoms with E-state index < -0.39 is 12.1 Å². The van der Waals surface area contributed by atoms with Gasteiger partial charge in [0.2, 0.25) is 0 Å². The van der Waals surface area contributed by atoms with E-state index in [0.29, 0.717) is 0 Å². The first kappa shape index (κ1) is 11.8. The summed E-state index contributed by atoms with van der Waals surface area (Å²) in [7, 11) is 0. The minimum absolute atomic E-state index is 0.0599. The van der Waals surface area contributed by atoms with E-state index in [9.17, 15) is 13.2 Å². The van der Waals surface area contributed by atoms with Crippen LogP contribution < -0.4 is 4.74 Å². The first-order valence-electron chi connectivity index (χ1n) is 3.20. The van der Waals surface area contributed by atoms with Gasteiger partial charge in [-0.1, -0.05) is 34.8 Å². The van der Waals surface area contributed by atoms with E-state index in [0.717, 1.165) is 12.1 Å². The lowest BCUT2D eigenvalue weighted by Crippen LogP contribution is -2.17. The molecular weight excluding hydrogens is 263 g/mol. The average molecular weight is 265 g/mol. The van der Waals surface area contributed by atoms with Crippen LogP contribution in [0.25, 0.3) is 0 Å². The molecule has 1 rings (SSSR count). The second kappa shape index (κ2) is 4.04. The molecule has 1 aromatic carbocycles.